The smallest absolute Gasteiger partial charge is 0.233 e. The summed E-state index contributed by atoms with van der Waals surface area (Å²) in [5.41, 5.74) is 1.81. The van der Waals surface area contributed by atoms with Crippen LogP contribution < -0.4 is 4.84 Å². The van der Waals surface area contributed by atoms with Crippen molar-refractivity contribution in [2.45, 2.75) is 30.8 Å². The van der Waals surface area contributed by atoms with Gasteiger partial charge in [0, 0.05) is 17.8 Å². The van der Waals surface area contributed by atoms with Crippen LogP contribution in [0.15, 0.2) is 42.6 Å². The third kappa shape index (κ3) is 3.40. The Labute approximate surface area is 178 Å². The third-order valence-corrected chi connectivity index (χ3v) is 6.25. The molecule has 156 valence electrons. The fourth-order valence-corrected chi connectivity index (χ4v) is 4.34. The molecule has 1 unspecified atom stereocenters. The molecule has 0 spiro atoms. The van der Waals surface area contributed by atoms with Crippen LogP contribution in [-0.2, 0) is 14.9 Å². The third-order valence-electron chi connectivity index (χ3n) is 6.00. The predicted molar refractivity (Wildman–Crippen MR) is 110 cm³/mol. The standard InChI is InChI=1S/C21H22ClN5O3/c22-16-6-4-15(5-7-16)21(8-2-9-21)20(28)26-11-12-29-17(13-26)14-30-27-19-18(24-25-27)3-1-10-23-19/h1,3-7,10,17H,2,8-9,11-14H2. The Hall–Kier alpha value is -2.71. The second kappa shape index (κ2) is 7.85. The van der Waals surface area contributed by atoms with Gasteiger partial charge in [0.25, 0.3) is 0 Å². The van der Waals surface area contributed by atoms with Gasteiger partial charge >= 0.3 is 0 Å². The van der Waals surface area contributed by atoms with Gasteiger partial charge in [-0.3, -0.25) is 4.79 Å². The summed E-state index contributed by atoms with van der Waals surface area (Å²) in [6.45, 7) is 1.80. The summed E-state index contributed by atoms with van der Waals surface area (Å²) in [4.78, 5) is 26.7. The topological polar surface area (TPSA) is 82.4 Å². The first-order valence-electron chi connectivity index (χ1n) is 10.1. The lowest BCUT2D eigenvalue weighted by Crippen LogP contribution is -2.56. The van der Waals surface area contributed by atoms with Crippen LogP contribution in [0.1, 0.15) is 24.8 Å². The van der Waals surface area contributed by atoms with Crippen molar-refractivity contribution in [2.24, 2.45) is 0 Å². The van der Waals surface area contributed by atoms with Crippen molar-refractivity contribution >= 4 is 28.7 Å². The maximum atomic E-state index is 13.5. The van der Waals surface area contributed by atoms with E-state index in [0.29, 0.717) is 35.9 Å². The molecule has 30 heavy (non-hydrogen) atoms. The molecule has 2 aromatic heterocycles. The number of carbonyl (C=O) groups excluding carboxylic acids is 1. The monoisotopic (exact) mass is 427 g/mol. The van der Waals surface area contributed by atoms with E-state index in [1.165, 1.54) is 4.85 Å². The molecule has 2 fully saturated rings. The van der Waals surface area contributed by atoms with Gasteiger partial charge < -0.3 is 14.5 Å². The maximum absolute atomic E-state index is 13.5. The average Bonchev–Trinajstić information content (AvgIpc) is 3.16. The Morgan fingerprint density at radius 1 is 1.27 bits per heavy atom. The highest BCUT2D eigenvalue weighted by atomic mass is 35.5. The van der Waals surface area contributed by atoms with Crippen molar-refractivity contribution in [1.82, 2.24) is 25.0 Å². The number of fused-ring (bicyclic) bond motifs is 1. The molecule has 3 heterocycles. The minimum absolute atomic E-state index is 0.164. The van der Waals surface area contributed by atoms with E-state index in [0.717, 1.165) is 24.8 Å². The summed E-state index contributed by atoms with van der Waals surface area (Å²) in [5.74, 6) is 0.164. The number of halogens is 1. The molecule has 0 N–H and O–H groups in total. The van der Waals surface area contributed by atoms with E-state index in [2.05, 4.69) is 15.3 Å². The lowest BCUT2D eigenvalue weighted by atomic mass is 9.63. The van der Waals surface area contributed by atoms with Crippen molar-refractivity contribution in [2.75, 3.05) is 26.3 Å². The minimum Gasteiger partial charge on any atom is -0.391 e. The molecule has 8 nitrogen and oxygen atoms in total. The zero-order valence-electron chi connectivity index (χ0n) is 16.4. The van der Waals surface area contributed by atoms with Gasteiger partial charge in [0.05, 0.1) is 18.6 Å². The lowest BCUT2D eigenvalue weighted by molar-refractivity contribution is -0.151. The van der Waals surface area contributed by atoms with Crippen LogP contribution in [0.2, 0.25) is 5.02 Å². The molecule has 0 bridgehead atoms. The Morgan fingerprint density at radius 2 is 2.10 bits per heavy atom. The van der Waals surface area contributed by atoms with Crippen LogP contribution >= 0.6 is 11.6 Å². The van der Waals surface area contributed by atoms with Gasteiger partial charge in [-0.05, 0) is 47.9 Å². The van der Waals surface area contributed by atoms with Crippen LogP contribution in [0.25, 0.3) is 11.2 Å². The molecular weight excluding hydrogens is 406 g/mol. The zero-order valence-corrected chi connectivity index (χ0v) is 17.2. The second-order valence-electron chi connectivity index (χ2n) is 7.79. The van der Waals surface area contributed by atoms with Gasteiger partial charge in [0.15, 0.2) is 0 Å². The fourth-order valence-electron chi connectivity index (χ4n) is 4.22. The Balaban J connectivity index is 1.26. The number of hydrogen-bond donors (Lipinski definition) is 0. The Bertz CT molecular complexity index is 1050. The normalized spacial score (nSPS) is 20.7. The van der Waals surface area contributed by atoms with Crippen molar-refractivity contribution in [3.63, 3.8) is 0 Å². The number of nitrogens with zero attached hydrogens (tertiary/aromatic N) is 5. The summed E-state index contributed by atoms with van der Waals surface area (Å²) >= 11 is 6.04. The molecule has 1 saturated heterocycles. The summed E-state index contributed by atoms with van der Waals surface area (Å²) in [6, 6.07) is 11.3. The van der Waals surface area contributed by atoms with Crippen molar-refractivity contribution in [1.29, 1.82) is 0 Å². The lowest BCUT2D eigenvalue weighted by Gasteiger charge is -2.45. The maximum Gasteiger partial charge on any atom is 0.233 e. The number of aromatic nitrogens is 4. The quantitative estimate of drug-likeness (QED) is 0.621. The molecule has 1 atom stereocenters. The highest BCUT2D eigenvalue weighted by molar-refractivity contribution is 6.30. The first-order chi connectivity index (χ1) is 14.7. The second-order valence-corrected chi connectivity index (χ2v) is 8.23. The highest BCUT2D eigenvalue weighted by Crippen LogP contribution is 2.45. The molecule has 1 amide bonds. The van der Waals surface area contributed by atoms with Crippen LogP contribution in [0.5, 0.6) is 0 Å². The first kappa shape index (κ1) is 19.3. The van der Waals surface area contributed by atoms with Gasteiger partial charge in [-0.25, -0.2) is 4.98 Å². The van der Waals surface area contributed by atoms with E-state index in [-0.39, 0.29) is 18.6 Å². The molecule has 3 aromatic rings. The molecule has 0 radical (unpaired) electrons. The number of hydrogen-bond acceptors (Lipinski definition) is 6. The molecule has 1 saturated carbocycles. The number of benzene rings is 1. The Kier molecular flexibility index (Phi) is 5.04. The number of pyridine rings is 1. The number of amides is 1. The van der Waals surface area contributed by atoms with Gasteiger partial charge in [-0.1, -0.05) is 35.0 Å². The summed E-state index contributed by atoms with van der Waals surface area (Å²) in [5, 5.41) is 8.68. The van der Waals surface area contributed by atoms with Gasteiger partial charge in [-0.2, -0.15) is 0 Å². The summed E-state index contributed by atoms with van der Waals surface area (Å²) in [7, 11) is 0. The van der Waals surface area contributed by atoms with E-state index in [1.807, 2.05) is 35.2 Å². The van der Waals surface area contributed by atoms with Crippen molar-refractivity contribution < 1.29 is 14.4 Å². The van der Waals surface area contributed by atoms with Crippen LogP contribution in [0.3, 0.4) is 0 Å². The fraction of sp³-hybridized carbons (Fsp3) is 0.429. The first-order valence-corrected chi connectivity index (χ1v) is 10.5. The largest absolute Gasteiger partial charge is 0.391 e. The number of rotatable bonds is 5. The SMILES string of the molecule is O=C(N1CCOC(COn2nnc3cccnc32)C1)C1(c2ccc(Cl)cc2)CCC1. The van der Waals surface area contributed by atoms with E-state index in [9.17, 15) is 4.79 Å². The molecule has 1 aromatic carbocycles. The Morgan fingerprint density at radius 3 is 2.87 bits per heavy atom. The van der Waals surface area contributed by atoms with Crippen LogP contribution in [0.4, 0.5) is 0 Å². The molecular formula is C21H22ClN5O3. The summed E-state index contributed by atoms with van der Waals surface area (Å²) in [6.07, 6.45) is 4.20. The molecule has 1 aliphatic heterocycles. The molecule has 1 aliphatic carbocycles. The van der Waals surface area contributed by atoms with Gasteiger partial charge in [-0.15, -0.1) is 5.10 Å². The molecule has 2 aliphatic rings. The van der Waals surface area contributed by atoms with E-state index < -0.39 is 5.41 Å². The minimum atomic E-state index is -0.445. The number of ether oxygens (including phenoxy) is 1. The highest BCUT2D eigenvalue weighted by Gasteiger charge is 2.48. The van der Waals surface area contributed by atoms with Crippen molar-refractivity contribution in [3.8, 4) is 0 Å². The van der Waals surface area contributed by atoms with Crippen LogP contribution in [0, 0.1) is 0 Å². The zero-order chi connectivity index (χ0) is 20.6. The van der Waals surface area contributed by atoms with E-state index in [4.69, 9.17) is 21.2 Å². The predicted octanol–water partition coefficient (Wildman–Crippen LogP) is 2.26. The van der Waals surface area contributed by atoms with Crippen molar-refractivity contribution in [3.05, 3.63) is 53.2 Å². The average molecular weight is 428 g/mol. The van der Waals surface area contributed by atoms with E-state index in [1.54, 1.807) is 12.3 Å². The van der Waals surface area contributed by atoms with Crippen LogP contribution in [-0.4, -0.2) is 63.4 Å². The number of morpholine rings is 1. The van der Waals surface area contributed by atoms with E-state index >= 15 is 0 Å². The van der Waals surface area contributed by atoms with Gasteiger partial charge in [0.1, 0.15) is 18.2 Å². The number of carbonyl (C=O) groups is 1. The summed E-state index contributed by atoms with van der Waals surface area (Å²) < 4.78 is 5.84. The van der Waals surface area contributed by atoms with Gasteiger partial charge in [0.2, 0.25) is 11.6 Å². The molecule has 5 rings (SSSR count). The molecule has 9 heteroatoms.